The van der Waals surface area contributed by atoms with E-state index in [1.807, 2.05) is 0 Å². The Morgan fingerprint density at radius 2 is 2.44 bits per heavy atom. The molecule has 18 heavy (non-hydrogen) atoms. The van der Waals surface area contributed by atoms with Gasteiger partial charge < -0.3 is 14.8 Å². The average molecular weight is 270 g/mol. The van der Waals surface area contributed by atoms with Crippen molar-refractivity contribution in [3.8, 4) is 5.75 Å². The van der Waals surface area contributed by atoms with Crippen LogP contribution < -0.4 is 10.1 Å². The fraction of sp³-hybridized carbons (Fsp3) is 0.462. The number of ether oxygens (including phenoxy) is 2. The summed E-state index contributed by atoms with van der Waals surface area (Å²) in [5, 5.41) is 3.34. The maximum Gasteiger partial charge on any atom is 0.226 e. The van der Waals surface area contributed by atoms with E-state index in [9.17, 15) is 4.79 Å². The molecule has 1 N–H and O–H groups in total. The Hall–Kier alpha value is -1.26. The molecule has 1 amide bonds. The van der Waals surface area contributed by atoms with Gasteiger partial charge in [0.25, 0.3) is 0 Å². The van der Waals surface area contributed by atoms with Crippen molar-refractivity contribution in [2.45, 2.75) is 25.4 Å². The zero-order valence-electron chi connectivity index (χ0n) is 10.2. The molecular weight excluding hydrogens is 254 g/mol. The monoisotopic (exact) mass is 269 g/mol. The van der Waals surface area contributed by atoms with Crippen LogP contribution in [0.15, 0.2) is 18.2 Å². The van der Waals surface area contributed by atoms with Crippen LogP contribution in [0.3, 0.4) is 0 Å². The van der Waals surface area contributed by atoms with Gasteiger partial charge in [-0.2, -0.15) is 0 Å². The molecule has 1 aliphatic heterocycles. The SMILES string of the molecule is COc1cc(NC(=O)CC2CCCO2)ccc1Cl. The highest BCUT2D eigenvalue weighted by atomic mass is 35.5. The second-order valence-corrected chi connectivity index (χ2v) is 4.64. The quantitative estimate of drug-likeness (QED) is 0.914. The zero-order chi connectivity index (χ0) is 13.0. The van der Waals surface area contributed by atoms with Crippen LogP contribution in [0, 0.1) is 0 Å². The summed E-state index contributed by atoms with van der Waals surface area (Å²) in [5.41, 5.74) is 0.680. The fourth-order valence-electron chi connectivity index (χ4n) is 1.96. The number of methoxy groups -OCH3 is 1. The van der Waals surface area contributed by atoms with Crippen LogP contribution >= 0.6 is 11.6 Å². The predicted octanol–water partition coefficient (Wildman–Crippen LogP) is 2.86. The molecular formula is C13H16ClNO3. The van der Waals surface area contributed by atoms with Crippen molar-refractivity contribution in [2.75, 3.05) is 19.0 Å². The lowest BCUT2D eigenvalue weighted by molar-refractivity contribution is -0.118. The third kappa shape index (κ3) is 3.37. The number of amides is 1. The highest BCUT2D eigenvalue weighted by Crippen LogP contribution is 2.27. The molecule has 0 saturated carbocycles. The molecule has 1 fully saturated rings. The average Bonchev–Trinajstić information content (AvgIpc) is 2.84. The standard InChI is InChI=1S/C13H16ClNO3/c1-17-12-7-9(4-5-11(12)14)15-13(16)8-10-3-2-6-18-10/h4-5,7,10H,2-3,6,8H2,1H3,(H,15,16). The number of benzene rings is 1. The van der Waals surface area contributed by atoms with Crippen molar-refractivity contribution in [1.82, 2.24) is 0 Å². The van der Waals surface area contributed by atoms with Gasteiger partial charge in [0.15, 0.2) is 0 Å². The van der Waals surface area contributed by atoms with Crippen molar-refractivity contribution < 1.29 is 14.3 Å². The maximum atomic E-state index is 11.8. The van der Waals surface area contributed by atoms with Gasteiger partial charge in [-0.15, -0.1) is 0 Å². The third-order valence-electron chi connectivity index (χ3n) is 2.87. The molecule has 4 nitrogen and oxygen atoms in total. The van der Waals surface area contributed by atoms with Gasteiger partial charge in [0.05, 0.1) is 24.7 Å². The molecule has 0 aliphatic carbocycles. The highest BCUT2D eigenvalue weighted by Gasteiger charge is 2.19. The molecule has 0 radical (unpaired) electrons. The zero-order valence-corrected chi connectivity index (χ0v) is 11.0. The smallest absolute Gasteiger partial charge is 0.226 e. The van der Waals surface area contributed by atoms with Crippen molar-refractivity contribution in [3.63, 3.8) is 0 Å². The minimum atomic E-state index is -0.0497. The van der Waals surface area contributed by atoms with Gasteiger partial charge >= 0.3 is 0 Å². The molecule has 1 unspecified atom stereocenters. The van der Waals surface area contributed by atoms with E-state index in [0.717, 1.165) is 19.4 Å². The molecule has 5 heteroatoms. The first kappa shape index (κ1) is 13.2. The van der Waals surface area contributed by atoms with Crippen LogP contribution in [-0.2, 0) is 9.53 Å². The molecule has 0 aromatic heterocycles. The van der Waals surface area contributed by atoms with Crippen LogP contribution in [-0.4, -0.2) is 25.7 Å². The first-order chi connectivity index (χ1) is 8.69. The third-order valence-corrected chi connectivity index (χ3v) is 3.18. The van der Waals surface area contributed by atoms with Crippen molar-refractivity contribution in [2.24, 2.45) is 0 Å². The van der Waals surface area contributed by atoms with Crippen molar-refractivity contribution >= 4 is 23.2 Å². The summed E-state index contributed by atoms with van der Waals surface area (Å²) in [7, 11) is 1.54. The highest BCUT2D eigenvalue weighted by molar-refractivity contribution is 6.32. The van der Waals surface area contributed by atoms with Gasteiger partial charge in [-0.25, -0.2) is 0 Å². The topological polar surface area (TPSA) is 47.6 Å². The Morgan fingerprint density at radius 3 is 3.11 bits per heavy atom. The molecule has 1 atom stereocenters. The van der Waals surface area contributed by atoms with E-state index in [4.69, 9.17) is 21.1 Å². The number of carbonyl (C=O) groups excluding carboxylic acids is 1. The molecule has 0 spiro atoms. The molecule has 1 saturated heterocycles. The number of anilines is 1. The van der Waals surface area contributed by atoms with Gasteiger partial charge in [0.1, 0.15) is 5.75 Å². The summed E-state index contributed by atoms with van der Waals surface area (Å²) < 4.78 is 10.5. The van der Waals surface area contributed by atoms with Gasteiger partial charge in [-0.1, -0.05) is 11.6 Å². The summed E-state index contributed by atoms with van der Waals surface area (Å²) in [5.74, 6) is 0.498. The summed E-state index contributed by atoms with van der Waals surface area (Å²) in [6.45, 7) is 0.757. The summed E-state index contributed by atoms with van der Waals surface area (Å²) >= 11 is 5.91. The number of halogens is 1. The second kappa shape index (κ2) is 6.07. The Balaban J connectivity index is 1.93. The number of hydrogen-bond donors (Lipinski definition) is 1. The number of hydrogen-bond acceptors (Lipinski definition) is 3. The lowest BCUT2D eigenvalue weighted by atomic mass is 10.2. The van der Waals surface area contributed by atoms with Crippen molar-refractivity contribution in [1.29, 1.82) is 0 Å². The van der Waals surface area contributed by atoms with Crippen LogP contribution in [0.2, 0.25) is 5.02 Å². The number of carbonyl (C=O) groups is 1. The van der Waals surface area contributed by atoms with E-state index in [1.54, 1.807) is 25.3 Å². The van der Waals surface area contributed by atoms with Gasteiger partial charge in [0.2, 0.25) is 5.91 Å². The van der Waals surface area contributed by atoms with Gasteiger partial charge in [-0.3, -0.25) is 4.79 Å². The molecule has 2 rings (SSSR count). The van der Waals surface area contributed by atoms with E-state index in [0.29, 0.717) is 22.9 Å². The Kier molecular flexibility index (Phi) is 4.44. The Labute approximate surface area is 111 Å². The predicted molar refractivity (Wildman–Crippen MR) is 70.2 cm³/mol. The van der Waals surface area contributed by atoms with Gasteiger partial charge in [0, 0.05) is 18.4 Å². The largest absolute Gasteiger partial charge is 0.495 e. The Bertz CT molecular complexity index is 430. The van der Waals surface area contributed by atoms with Crippen LogP contribution in [0.25, 0.3) is 0 Å². The molecule has 1 aromatic carbocycles. The summed E-state index contributed by atoms with van der Waals surface area (Å²) in [4.78, 5) is 11.8. The van der Waals surface area contributed by atoms with E-state index < -0.39 is 0 Å². The molecule has 0 bridgehead atoms. The lowest BCUT2D eigenvalue weighted by Crippen LogP contribution is -2.19. The summed E-state index contributed by atoms with van der Waals surface area (Å²) in [6.07, 6.45) is 2.44. The minimum Gasteiger partial charge on any atom is -0.495 e. The van der Waals surface area contributed by atoms with E-state index in [2.05, 4.69) is 5.32 Å². The lowest BCUT2D eigenvalue weighted by Gasteiger charge is -2.11. The molecule has 1 heterocycles. The second-order valence-electron chi connectivity index (χ2n) is 4.24. The first-order valence-corrected chi connectivity index (χ1v) is 6.32. The van der Waals surface area contributed by atoms with Crippen molar-refractivity contribution in [3.05, 3.63) is 23.2 Å². The van der Waals surface area contributed by atoms with Crippen LogP contribution in [0.1, 0.15) is 19.3 Å². The van der Waals surface area contributed by atoms with Crippen LogP contribution in [0.4, 0.5) is 5.69 Å². The number of rotatable bonds is 4. The molecule has 98 valence electrons. The molecule has 1 aliphatic rings. The van der Waals surface area contributed by atoms with Crippen LogP contribution in [0.5, 0.6) is 5.75 Å². The Morgan fingerprint density at radius 1 is 1.61 bits per heavy atom. The maximum absolute atomic E-state index is 11.8. The van der Waals surface area contributed by atoms with Gasteiger partial charge in [-0.05, 0) is 25.0 Å². The molecule has 1 aromatic rings. The fourth-order valence-corrected chi connectivity index (χ4v) is 2.16. The first-order valence-electron chi connectivity index (χ1n) is 5.94. The number of nitrogens with one attached hydrogen (secondary N) is 1. The van der Waals surface area contributed by atoms with E-state index in [1.165, 1.54) is 0 Å². The summed E-state index contributed by atoms with van der Waals surface area (Å²) in [6, 6.07) is 5.15. The normalized spacial score (nSPS) is 18.7. The van der Waals surface area contributed by atoms with E-state index in [-0.39, 0.29) is 12.0 Å². The minimum absolute atomic E-state index is 0.0497. The van der Waals surface area contributed by atoms with E-state index >= 15 is 0 Å².